The zero-order chi connectivity index (χ0) is 19.2. The Balaban J connectivity index is 1.44. The third-order valence-electron chi connectivity index (χ3n) is 4.06. The van der Waals surface area contributed by atoms with Gasteiger partial charge >= 0.3 is 0 Å². The molecule has 0 bridgehead atoms. The lowest BCUT2D eigenvalue weighted by Gasteiger charge is -2.10. The molecule has 0 unspecified atom stereocenters. The molecule has 3 aromatic rings. The average Bonchev–Trinajstić information content (AvgIpc) is 3.14. The van der Waals surface area contributed by atoms with E-state index in [1.807, 2.05) is 61.7 Å². The number of nitrogens with zero attached hydrogens (tertiary/aromatic N) is 1. The van der Waals surface area contributed by atoms with Crippen LogP contribution >= 0.6 is 22.9 Å². The minimum absolute atomic E-state index is 0.0210. The van der Waals surface area contributed by atoms with E-state index in [0.717, 1.165) is 32.4 Å². The molecule has 27 heavy (non-hydrogen) atoms. The second-order valence-corrected chi connectivity index (χ2v) is 7.51. The lowest BCUT2D eigenvalue weighted by molar-refractivity contribution is -0.123. The van der Waals surface area contributed by atoms with E-state index in [-0.39, 0.29) is 12.5 Å². The van der Waals surface area contributed by atoms with Crippen LogP contribution in [-0.4, -0.2) is 24.0 Å². The number of hydrogen-bond acceptors (Lipinski definition) is 4. The standard InChI is InChI=1S/C21H21ClN2O2S/c1-14-10-18(11-15(2)20(14)22)26-12-19(25)23-9-8-17-13-27-21(24-17)16-6-4-3-5-7-16/h3-7,10-11,13H,8-9,12H2,1-2H3,(H,23,25). The summed E-state index contributed by atoms with van der Waals surface area (Å²) in [4.78, 5) is 16.6. The van der Waals surface area contributed by atoms with Gasteiger partial charge in [0.15, 0.2) is 6.61 Å². The molecule has 1 aromatic heterocycles. The van der Waals surface area contributed by atoms with E-state index >= 15 is 0 Å². The molecule has 1 N–H and O–H groups in total. The Morgan fingerprint density at radius 2 is 1.89 bits per heavy atom. The van der Waals surface area contributed by atoms with Gasteiger partial charge < -0.3 is 10.1 Å². The third kappa shape index (κ3) is 5.31. The Labute approximate surface area is 168 Å². The molecular weight excluding hydrogens is 380 g/mol. The number of rotatable bonds is 7. The van der Waals surface area contributed by atoms with Crippen molar-refractivity contribution in [3.8, 4) is 16.3 Å². The fourth-order valence-corrected chi connectivity index (χ4v) is 3.62. The summed E-state index contributed by atoms with van der Waals surface area (Å²) in [6, 6.07) is 13.7. The zero-order valence-corrected chi connectivity index (χ0v) is 16.9. The van der Waals surface area contributed by atoms with Crippen LogP contribution in [0.15, 0.2) is 47.8 Å². The minimum atomic E-state index is -0.154. The van der Waals surface area contributed by atoms with Crippen molar-refractivity contribution in [3.05, 3.63) is 69.7 Å². The summed E-state index contributed by atoms with van der Waals surface area (Å²) >= 11 is 7.75. The maximum absolute atomic E-state index is 12.0. The Morgan fingerprint density at radius 1 is 1.19 bits per heavy atom. The van der Waals surface area contributed by atoms with Crippen molar-refractivity contribution in [2.75, 3.05) is 13.2 Å². The van der Waals surface area contributed by atoms with E-state index in [9.17, 15) is 4.79 Å². The van der Waals surface area contributed by atoms with E-state index < -0.39 is 0 Å². The summed E-state index contributed by atoms with van der Waals surface area (Å²) in [5.41, 5.74) is 3.96. The molecule has 1 heterocycles. The molecule has 0 aliphatic heterocycles. The van der Waals surface area contributed by atoms with Crippen molar-refractivity contribution >= 4 is 28.8 Å². The van der Waals surface area contributed by atoms with Gasteiger partial charge in [0, 0.05) is 28.9 Å². The van der Waals surface area contributed by atoms with Crippen LogP contribution in [0, 0.1) is 13.8 Å². The zero-order valence-electron chi connectivity index (χ0n) is 15.3. The fourth-order valence-electron chi connectivity index (χ4n) is 2.65. The van der Waals surface area contributed by atoms with Crippen molar-refractivity contribution in [2.24, 2.45) is 0 Å². The normalized spacial score (nSPS) is 10.6. The number of carbonyl (C=O) groups is 1. The van der Waals surface area contributed by atoms with Crippen molar-refractivity contribution in [1.29, 1.82) is 0 Å². The highest BCUT2D eigenvalue weighted by Crippen LogP contribution is 2.26. The molecule has 2 aromatic carbocycles. The van der Waals surface area contributed by atoms with Crippen molar-refractivity contribution in [1.82, 2.24) is 10.3 Å². The molecule has 0 atom stereocenters. The monoisotopic (exact) mass is 400 g/mol. The number of thiazole rings is 1. The second-order valence-electron chi connectivity index (χ2n) is 6.27. The van der Waals surface area contributed by atoms with E-state index in [1.165, 1.54) is 0 Å². The molecular formula is C21H21ClN2O2S. The first-order valence-electron chi connectivity index (χ1n) is 8.69. The Kier molecular flexibility index (Phi) is 6.48. The Morgan fingerprint density at radius 3 is 2.59 bits per heavy atom. The first-order chi connectivity index (χ1) is 13.0. The van der Waals surface area contributed by atoms with Gasteiger partial charge in [0.25, 0.3) is 5.91 Å². The van der Waals surface area contributed by atoms with Gasteiger partial charge in [-0.3, -0.25) is 4.79 Å². The number of aryl methyl sites for hydroxylation is 2. The molecule has 0 aliphatic rings. The molecule has 0 spiro atoms. The van der Waals surface area contributed by atoms with Gasteiger partial charge in [-0.2, -0.15) is 0 Å². The first kappa shape index (κ1) is 19.4. The van der Waals surface area contributed by atoms with Crippen LogP contribution in [-0.2, 0) is 11.2 Å². The van der Waals surface area contributed by atoms with Gasteiger partial charge in [-0.15, -0.1) is 11.3 Å². The molecule has 0 aliphatic carbocycles. The van der Waals surface area contributed by atoms with Gasteiger partial charge in [-0.05, 0) is 37.1 Å². The van der Waals surface area contributed by atoms with Crippen LogP contribution in [0.1, 0.15) is 16.8 Å². The number of nitrogens with one attached hydrogen (secondary N) is 1. The maximum Gasteiger partial charge on any atom is 0.257 e. The molecule has 0 saturated heterocycles. The quantitative estimate of drug-likeness (QED) is 0.618. The largest absolute Gasteiger partial charge is 0.484 e. The molecule has 3 rings (SSSR count). The van der Waals surface area contributed by atoms with E-state index in [1.54, 1.807) is 11.3 Å². The summed E-state index contributed by atoms with van der Waals surface area (Å²) in [7, 11) is 0. The van der Waals surface area contributed by atoms with Crippen LogP contribution in [0.2, 0.25) is 5.02 Å². The SMILES string of the molecule is Cc1cc(OCC(=O)NCCc2csc(-c3ccccc3)n2)cc(C)c1Cl. The molecule has 1 amide bonds. The third-order valence-corrected chi connectivity index (χ3v) is 5.59. The number of amides is 1. The number of carbonyl (C=O) groups excluding carboxylic acids is 1. The van der Waals surface area contributed by atoms with E-state index in [0.29, 0.717) is 18.7 Å². The summed E-state index contributed by atoms with van der Waals surface area (Å²) < 4.78 is 5.56. The summed E-state index contributed by atoms with van der Waals surface area (Å²) in [5, 5.41) is 6.62. The van der Waals surface area contributed by atoms with Gasteiger partial charge in [-0.1, -0.05) is 41.9 Å². The predicted molar refractivity (Wildman–Crippen MR) is 111 cm³/mol. The number of benzene rings is 2. The Hall–Kier alpha value is -2.37. The summed E-state index contributed by atoms with van der Waals surface area (Å²) in [6.07, 6.45) is 0.689. The van der Waals surface area contributed by atoms with E-state index in [4.69, 9.17) is 16.3 Å². The van der Waals surface area contributed by atoms with Gasteiger partial charge in [0.2, 0.25) is 0 Å². The highest BCUT2D eigenvalue weighted by Gasteiger charge is 2.08. The van der Waals surface area contributed by atoms with Crippen molar-refractivity contribution in [2.45, 2.75) is 20.3 Å². The van der Waals surface area contributed by atoms with Gasteiger partial charge in [0.05, 0.1) is 5.69 Å². The predicted octanol–water partition coefficient (Wildman–Crippen LogP) is 4.82. The van der Waals surface area contributed by atoms with Crippen LogP contribution in [0.5, 0.6) is 5.75 Å². The first-order valence-corrected chi connectivity index (χ1v) is 9.95. The van der Waals surface area contributed by atoms with Crippen molar-refractivity contribution in [3.63, 3.8) is 0 Å². The van der Waals surface area contributed by atoms with Crippen LogP contribution < -0.4 is 10.1 Å². The highest BCUT2D eigenvalue weighted by atomic mass is 35.5. The molecule has 0 saturated carbocycles. The van der Waals surface area contributed by atoms with E-state index in [2.05, 4.69) is 10.3 Å². The highest BCUT2D eigenvalue weighted by molar-refractivity contribution is 7.13. The van der Waals surface area contributed by atoms with Crippen LogP contribution in [0.4, 0.5) is 0 Å². The topological polar surface area (TPSA) is 51.2 Å². The molecule has 140 valence electrons. The van der Waals surface area contributed by atoms with Gasteiger partial charge in [-0.25, -0.2) is 4.98 Å². The molecule has 0 fully saturated rings. The summed E-state index contributed by atoms with van der Waals surface area (Å²) in [5.74, 6) is 0.496. The lowest BCUT2D eigenvalue weighted by Crippen LogP contribution is -2.30. The lowest BCUT2D eigenvalue weighted by atomic mass is 10.1. The fraction of sp³-hybridized carbons (Fsp3) is 0.238. The number of aromatic nitrogens is 1. The molecule has 4 nitrogen and oxygen atoms in total. The number of halogens is 1. The molecule has 6 heteroatoms. The number of hydrogen-bond donors (Lipinski definition) is 1. The second kappa shape index (κ2) is 9.02. The maximum atomic E-state index is 12.0. The molecule has 0 radical (unpaired) electrons. The smallest absolute Gasteiger partial charge is 0.257 e. The van der Waals surface area contributed by atoms with Gasteiger partial charge in [0.1, 0.15) is 10.8 Å². The summed E-state index contributed by atoms with van der Waals surface area (Å²) in [6.45, 7) is 4.34. The number of ether oxygens (including phenoxy) is 1. The minimum Gasteiger partial charge on any atom is -0.484 e. The van der Waals surface area contributed by atoms with Crippen molar-refractivity contribution < 1.29 is 9.53 Å². The van der Waals surface area contributed by atoms with Crippen LogP contribution in [0.3, 0.4) is 0 Å². The average molecular weight is 401 g/mol. The van der Waals surface area contributed by atoms with Crippen LogP contribution in [0.25, 0.3) is 10.6 Å². The Bertz CT molecular complexity index is 902.